The van der Waals surface area contributed by atoms with E-state index in [1.165, 1.54) is 0 Å². The predicted octanol–water partition coefficient (Wildman–Crippen LogP) is 2.02. The summed E-state index contributed by atoms with van der Waals surface area (Å²) in [5.74, 6) is 0.533. The van der Waals surface area contributed by atoms with Gasteiger partial charge in [-0.05, 0) is 31.5 Å². The van der Waals surface area contributed by atoms with Crippen LogP contribution in [0.5, 0.6) is 5.75 Å². The van der Waals surface area contributed by atoms with Crippen molar-refractivity contribution in [1.82, 2.24) is 0 Å². The molecule has 14 heavy (non-hydrogen) atoms. The zero-order valence-electron chi connectivity index (χ0n) is 8.24. The van der Waals surface area contributed by atoms with Crippen molar-refractivity contribution in [3.05, 3.63) is 28.8 Å². The van der Waals surface area contributed by atoms with E-state index in [2.05, 4.69) is 0 Å². The lowest BCUT2D eigenvalue weighted by molar-refractivity contribution is 0.111. The molecular weight excluding hydrogens is 180 g/mol. The summed E-state index contributed by atoms with van der Waals surface area (Å²) in [7, 11) is 0. The molecule has 0 spiro atoms. The first-order chi connectivity index (χ1) is 6.72. The smallest absolute Gasteiger partial charge is 0.153 e. The van der Waals surface area contributed by atoms with Crippen molar-refractivity contribution >= 4 is 12.6 Å². The Morgan fingerprint density at radius 2 is 1.86 bits per heavy atom. The van der Waals surface area contributed by atoms with Gasteiger partial charge in [-0.15, -0.1) is 0 Å². The van der Waals surface area contributed by atoms with Gasteiger partial charge in [-0.25, -0.2) is 0 Å². The third-order valence-electron chi connectivity index (χ3n) is 1.95. The van der Waals surface area contributed by atoms with Crippen molar-refractivity contribution in [2.24, 2.45) is 0 Å². The van der Waals surface area contributed by atoms with Gasteiger partial charge in [0.15, 0.2) is 6.29 Å². The molecule has 0 aliphatic rings. The molecular formula is C11H12O3. The number of carbonyl (C=O) groups excluding carboxylic acids is 2. The van der Waals surface area contributed by atoms with Crippen LogP contribution < -0.4 is 4.74 Å². The van der Waals surface area contributed by atoms with E-state index in [1.807, 2.05) is 6.92 Å². The van der Waals surface area contributed by atoms with Crippen LogP contribution in [0.2, 0.25) is 0 Å². The molecule has 0 atom stereocenters. The zero-order chi connectivity index (χ0) is 10.6. The molecule has 0 saturated heterocycles. The van der Waals surface area contributed by atoms with Crippen LogP contribution in [0.3, 0.4) is 0 Å². The van der Waals surface area contributed by atoms with Gasteiger partial charge in [-0.1, -0.05) is 0 Å². The van der Waals surface area contributed by atoms with E-state index >= 15 is 0 Å². The molecule has 0 saturated carbocycles. The molecule has 0 amide bonds. The monoisotopic (exact) mass is 192 g/mol. The van der Waals surface area contributed by atoms with Crippen molar-refractivity contribution in [2.45, 2.75) is 13.8 Å². The van der Waals surface area contributed by atoms with Gasteiger partial charge >= 0.3 is 0 Å². The highest BCUT2D eigenvalue weighted by molar-refractivity contribution is 5.86. The summed E-state index contributed by atoms with van der Waals surface area (Å²) in [6.07, 6.45) is 1.43. The molecule has 0 aliphatic heterocycles. The fourth-order valence-electron chi connectivity index (χ4n) is 1.22. The van der Waals surface area contributed by atoms with Crippen molar-refractivity contribution in [3.8, 4) is 5.75 Å². The SMILES string of the molecule is CCOc1cc(C)c(C=O)cc1C=O. The summed E-state index contributed by atoms with van der Waals surface area (Å²) >= 11 is 0. The van der Waals surface area contributed by atoms with Crippen LogP contribution in [0, 0.1) is 6.92 Å². The Morgan fingerprint density at radius 3 is 2.36 bits per heavy atom. The van der Waals surface area contributed by atoms with Gasteiger partial charge < -0.3 is 4.74 Å². The van der Waals surface area contributed by atoms with Crippen LogP contribution in [0.4, 0.5) is 0 Å². The molecule has 0 aromatic heterocycles. The second-order valence-corrected chi connectivity index (χ2v) is 2.92. The van der Waals surface area contributed by atoms with Gasteiger partial charge in [-0.2, -0.15) is 0 Å². The summed E-state index contributed by atoms with van der Waals surface area (Å²) in [5, 5.41) is 0. The molecule has 1 aromatic carbocycles. The molecule has 3 heteroatoms. The average molecular weight is 192 g/mol. The number of ether oxygens (including phenoxy) is 1. The maximum absolute atomic E-state index is 10.7. The maximum Gasteiger partial charge on any atom is 0.153 e. The van der Waals surface area contributed by atoms with Crippen LogP contribution in [-0.4, -0.2) is 19.2 Å². The normalized spacial score (nSPS) is 9.57. The fourth-order valence-corrected chi connectivity index (χ4v) is 1.22. The number of carbonyl (C=O) groups is 2. The number of rotatable bonds is 4. The summed E-state index contributed by atoms with van der Waals surface area (Å²) in [6.45, 7) is 4.15. The van der Waals surface area contributed by atoms with Crippen LogP contribution in [0.1, 0.15) is 33.2 Å². The Kier molecular flexibility index (Phi) is 3.40. The molecule has 0 aliphatic carbocycles. The quantitative estimate of drug-likeness (QED) is 0.685. The van der Waals surface area contributed by atoms with E-state index in [0.29, 0.717) is 29.8 Å². The zero-order valence-corrected chi connectivity index (χ0v) is 8.24. The number of aldehydes is 2. The molecule has 0 heterocycles. The van der Waals surface area contributed by atoms with Crippen LogP contribution in [0.15, 0.2) is 12.1 Å². The predicted molar refractivity (Wildman–Crippen MR) is 53.1 cm³/mol. The van der Waals surface area contributed by atoms with Gasteiger partial charge in [0.2, 0.25) is 0 Å². The third-order valence-corrected chi connectivity index (χ3v) is 1.95. The highest BCUT2D eigenvalue weighted by Crippen LogP contribution is 2.21. The summed E-state index contributed by atoms with van der Waals surface area (Å²) in [4.78, 5) is 21.3. The molecule has 0 radical (unpaired) electrons. The molecule has 74 valence electrons. The molecule has 1 aromatic rings. The van der Waals surface area contributed by atoms with Gasteiger partial charge in [0.25, 0.3) is 0 Å². The summed E-state index contributed by atoms with van der Waals surface area (Å²) in [5.41, 5.74) is 1.75. The Labute approximate surface area is 82.7 Å². The van der Waals surface area contributed by atoms with Crippen LogP contribution in [-0.2, 0) is 0 Å². The Hall–Kier alpha value is -1.64. The number of hydrogen-bond donors (Lipinski definition) is 0. The molecule has 0 bridgehead atoms. The number of aryl methyl sites for hydroxylation is 1. The lowest BCUT2D eigenvalue weighted by Gasteiger charge is -2.08. The molecule has 0 fully saturated rings. The first kappa shape index (κ1) is 10.4. The highest BCUT2D eigenvalue weighted by Gasteiger charge is 2.06. The standard InChI is InChI=1S/C11H12O3/c1-3-14-11-4-8(2)9(6-12)5-10(11)7-13/h4-7H,3H2,1-2H3. The topological polar surface area (TPSA) is 43.4 Å². The Balaban J connectivity index is 3.23. The van der Waals surface area contributed by atoms with E-state index in [0.717, 1.165) is 11.8 Å². The van der Waals surface area contributed by atoms with Crippen molar-refractivity contribution in [2.75, 3.05) is 6.61 Å². The van der Waals surface area contributed by atoms with Crippen molar-refractivity contribution in [3.63, 3.8) is 0 Å². The minimum atomic E-state index is 0.416. The lowest BCUT2D eigenvalue weighted by Crippen LogP contribution is -1.99. The third kappa shape index (κ3) is 1.99. The van der Waals surface area contributed by atoms with E-state index in [-0.39, 0.29) is 0 Å². The van der Waals surface area contributed by atoms with Crippen LogP contribution >= 0.6 is 0 Å². The molecule has 1 rings (SSSR count). The van der Waals surface area contributed by atoms with E-state index in [1.54, 1.807) is 19.1 Å². The lowest BCUT2D eigenvalue weighted by atomic mass is 10.1. The largest absolute Gasteiger partial charge is 0.493 e. The van der Waals surface area contributed by atoms with Crippen molar-refractivity contribution < 1.29 is 14.3 Å². The van der Waals surface area contributed by atoms with E-state index < -0.39 is 0 Å². The minimum Gasteiger partial charge on any atom is -0.493 e. The average Bonchev–Trinajstić information content (AvgIpc) is 2.19. The molecule has 0 unspecified atom stereocenters. The highest BCUT2D eigenvalue weighted by atomic mass is 16.5. The number of hydrogen-bond acceptors (Lipinski definition) is 3. The van der Waals surface area contributed by atoms with Crippen LogP contribution in [0.25, 0.3) is 0 Å². The molecule has 3 nitrogen and oxygen atoms in total. The van der Waals surface area contributed by atoms with Gasteiger partial charge in [-0.3, -0.25) is 9.59 Å². The Morgan fingerprint density at radius 1 is 1.21 bits per heavy atom. The first-order valence-corrected chi connectivity index (χ1v) is 4.40. The fraction of sp³-hybridized carbons (Fsp3) is 0.273. The molecule has 0 N–H and O–H groups in total. The van der Waals surface area contributed by atoms with Gasteiger partial charge in [0.1, 0.15) is 12.0 Å². The van der Waals surface area contributed by atoms with E-state index in [4.69, 9.17) is 4.74 Å². The summed E-state index contributed by atoms with van der Waals surface area (Å²) in [6, 6.07) is 3.25. The number of benzene rings is 1. The second-order valence-electron chi connectivity index (χ2n) is 2.92. The van der Waals surface area contributed by atoms with Gasteiger partial charge in [0.05, 0.1) is 12.2 Å². The Bertz CT molecular complexity index is 356. The first-order valence-electron chi connectivity index (χ1n) is 4.40. The van der Waals surface area contributed by atoms with Crippen molar-refractivity contribution in [1.29, 1.82) is 0 Å². The maximum atomic E-state index is 10.7. The van der Waals surface area contributed by atoms with Gasteiger partial charge in [0, 0.05) is 5.56 Å². The second kappa shape index (κ2) is 4.56. The van der Waals surface area contributed by atoms with E-state index in [9.17, 15) is 9.59 Å². The summed E-state index contributed by atoms with van der Waals surface area (Å²) < 4.78 is 5.26. The minimum absolute atomic E-state index is 0.416.